The zero-order chi connectivity index (χ0) is 24.7. The SMILES string of the molecule is O=c1n(-c2ccc(Oc3ccccc3)cc2)ccn1-c1ccc(OCCBr)c(Cc2ccccc2)c1. The molecule has 1 aromatic heterocycles. The minimum absolute atomic E-state index is 0.147. The fourth-order valence-electron chi connectivity index (χ4n) is 4.03. The molecule has 6 heteroatoms. The fourth-order valence-corrected chi connectivity index (χ4v) is 4.19. The van der Waals surface area contributed by atoms with Crippen molar-refractivity contribution in [2.75, 3.05) is 11.9 Å². The maximum atomic E-state index is 13.3. The van der Waals surface area contributed by atoms with Crippen LogP contribution in [0.3, 0.4) is 0 Å². The van der Waals surface area contributed by atoms with Gasteiger partial charge in [0.25, 0.3) is 0 Å². The average molecular weight is 541 g/mol. The van der Waals surface area contributed by atoms with Gasteiger partial charge >= 0.3 is 5.69 Å². The van der Waals surface area contributed by atoms with E-state index in [2.05, 4.69) is 28.1 Å². The van der Waals surface area contributed by atoms with E-state index in [0.717, 1.165) is 33.8 Å². The van der Waals surface area contributed by atoms with Gasteiger partial charge in [0.1, 0.15) is 17.2 Å². The predicted molar refractivity (Wildman–Crippen MR) is 146 cm³/mol. The van der Waals surface area contributed by atoms with Crippen LogP contribution in [-0.4, -0.2) is 21.1 Å². The molecule has 0 aliphatic heterocycles. The summed E-state index contributed by atoms with van der Waals surface area (Å²) in [5, 5.41) is 0.747. The zero-order valence-corrected chi connectivity index (χ0v) is 21.2. The minimum Gasteiger partial charge on any atom is -0.492 e. The molecule has 0 spiro atoms. The lowest BCUT2D eigenvalue weighted by molar-refractivity contribution is 0.342. The zero-order valence-electron chi connectivity index (χ0n) is 19.6. The number of ether oxygens (including phenoxy) is 2. The van der Waals surface area contributed by atoms with Gasteiger partial charge in [0.05, 0.1) is 18.0 Å². The molecule has 0 radical (unpaired) electrons. The first kappa shape index (κ1) is 23.7. The second kappa shape index (κ2) is 11.1. The first-order valence-corrected chi connectivity index (χ1v) is 12.8. The number of halogens is 1. The van der Waals surface area contributed by atoms with Gasteiger partial charge in [-0.1, -0.05) is 64.5 Å². The smallest absolute Gasteiger partial charge is 0.337 e. The van der Waals surface area contributed by atoms with Gasteiger partial charge in [-0.3, -0.25) is 9.13 Å². The highest BCUT2D eigenvalue weighted by Gasteiger charge is 2.12. The van der Waals surface area contributed by atoms with Crippen molar-refractivity contribution in [3.63, 3.8) is 0 Å². The molecule has 5 aromatic rings. The number of alkyl halides is 1. The molecule has 0 saturated carbocycles. The monoisotopic (exact) mass is 540 g/mol. The largest absolute Gasteiger partial charge is 0.492 e. The minimum atomic E-state index is -0.147. The molecule has 0 N–H and O–H groups in total. The van der Waals surface area contributed by atoms with E-state index in [9.17, 15) is 4.79 Å². The van der Waals surface area contributed by atoms with E-state index in [0.29, 0.717) is 18.8 Å². The number of aromatic nitrogens is 2. The van der Waals surface area contributed by atoms with Crippen LogP contribution < -0.4 is 15.2 Å². The number of hydrogen-bond donors (Lipinski definition) is 0. The lowest BCUT2D eigenvalue weighted by Crippen LogP contribution is -2.21. The molecule has 0 aliphatic carbocycles. The summed E-state index contributed by atoms with van der Waals surface area (Å²) in [4.78, 5) is 13.3. The van der Waals surface area contributed by atoms with Gasteiger partial charge in [-0.2, -0.15) is 0 Å². The Balaban J connectivity index is 1.42. The van der Waals surface area contributed by atoms with Crippen LogP contribution in [0.4, 0.5) is 0 Å². The van der Waals surface area contributed by atoms with Gasteiger partial charge in [0.15, 0.2) is 0 Å². The Hall–Kier alpha value is -4.03. The Labute approximate surface area is 218 Å². The van der Waals surface area contributed by atoms with Crippen LogP contribution in [-0.2, 0) is 6.42 Å². The van der Waals surface area contributed by atoms with Crippen LogP contribution in [0.15, 0.2) is 120 Å². The van der Waals surface area contributed by atoms with Gasteiger partial charge < -0.3 is 9.47 Å². The van der Waals surface area contributed by atoms with Crippen molar-refractivity contribution >= 4 is 15.9 Å². The van der Waals surface area contributed by atoms with E-state index in [-0.39, 0.29) is 5.69 Å². The Bertz CT molecular complexity index is 1480. The first-order valence-electron chi connectivity index (χ1n) is 11.7. The number of para-hydroxylation sites is 1. The summed E-state index contributed by atoms with van der Waals surface area (Å²) in [6, 6.07) is 33.2. The topological polar surface area (TPSA) is 45.4 Å². The van der Waals surface area contributed by atoms with Crippen molar-refractivity contribution in [3.05, 3.63) is 137 Å². The first-order chi connectivity index (χ1) is 17.7. The van der Waals surface area contributed by atoms with Crippen LogP contribution in [0.5, 0.6) is 17.2 Å². The predicted octanol–water partition coefficient (Wildman–Crippen LogP) is 6.79. The molecular weight excluding hydrogens is 516 g/mol. The number of hydrogen-bond acceptors (Lipinski definition) is 3. The van der Waals surface area contributed by atoms with E-state index < -0.39 is 0 Å². The fraction of sp³-hybridized carbons (Fsp3) is 0.100. The third-order valence-electron chi connectivity index (χ3n) is 5.77. The van der Waals surface area contributed by atoms with Crippen molar-refractivity contribution in [1.29, 1.82) is 0 Å². The Morgan fingerprint density at radius 1 is 0.694 bits per heavy atom. The van der Waals surface area contributed by atoms with Crippen LogP contribution in [0.2, 0.25) is 0 Å². The molecule has 36 heavy (non-hydrogen) atoms. The van der Waals surface area contributed by atoms with Crippen molar-refractivity contribution in [1.82, 2.24) is 9.13 Å². The third-order valence-corrected chi connectivity index (χ3v) is 6.09. The molecule has 0 saturated heterocycles. The van der Waals surface area contributed by atoms with Crippen molar-refractivity contribution in [2.24, 2.45) is 0 Å². The normalized spacial score (nSPS) is 10.8. The highest BCUT2D eigenvalue weighted by atomic mass is 79.9. The summed E-state index contributed by atoms with van der Waals surface area (Å²) in [5.41, 5.74) is 3.62. The van der Waals surface area contributed by atoms with Crippen molar-refractivity contribution in [3.8, 4) is 28.6 Å². The summed E-state index contributed by atoms with van der Waals surface area (Å²) in [6.07, 6.45) is 4.28. The Kier molecular flexibility index (Phi) is 7.33. The van der Waals surface area contributed by atoms with Crippen molar-refractivity contribution < 1.29 is 9.47 Å². The lowest BCUT2D eigenvalue weighted by atomic mass is 10.0. The highest BCUT2D eigenvalue weighted by Crippen LogP contribution is 2.26. The van der Waals surface area contributed by atoms with E-state index in [4.69, 9.17) is 9.47 Å². The molecule has 5 nitrogen and oxygen atoms in total. The molecule has 0 aliphatic rings. The highest BCUT2D eigenvalue weighted by molar-refractivity contribution is 9.09. The Morgan fingerprint density at radius 3 is 2.00 bits per heavy atom. The van der Waals surface area contributed by atoms with Gasteiger partial charge in [0.2, 0.25) is 0 Å². The summed E-state index contributed by atoms with van der Waals surface area (Å²) < 4.78 is 15.1. The summed E-state index contributed by atoms with van der Waals surface area (Å²) >= 11 is 3.42. The third kappa shape index (κ3) is 5.44. The van der Waals surface area contributed by atoms with E-state index in [1.165, 1.54) is 5.56 Å². The van der Waals surface area contributed by atoms with Crippen LogP contribution in [0.1, 0.15) is 11.1 Å². The maximum Gasteiger partial charge on any atom is 0.337 e. The molecule has 4 aromatic carbocycles. The molecule has 0 bridgehead atoms. The number of rotatable bonds is 9. The summed E-state index contributed by atoms with van der Waals surface area (Å²) in [7, 11) is 0. The summed E-state index contributed by atoms with van der Waals surface area (Å²) in [6.45, 7) is 0.571. The standard InChI is InChI=1S/C30H25BrN2O3/c31-17-20-35-29-16-13-26(22-24(29)21-23-7-3-1-4-8-23)33-19-18-32(30(33)34)25-11-14-28(15-12-25)36-27-9-5-2-6-10-27/h1-16,18-19,22H,17,20-21H2. The van der Waals surface area contributed by atoms with Crippen LogP contribution in [0.25, 0.3) is 11.4 Å². The van der Waals surface area contributed by atoms with Crippen LogP contribution in [0, 0.1) is 0 Å². The lowest BCUT2D eigenvalue weighted by Gasteiger charge is -2.13. The second-order valence-corrected chi connectivity index (χ2v) is 9.01. The molecule has 0 atom stereocenters. The average Bonchev–Trinajstić information content (AvgIpc) is 3.30. The summed E-state index contributed by atoms with van der Waals surface area (Å²) in [5.74, 6) is 2.30. The van der Waals surface area contributed by atoms with E-state index in [1.54, 1.807) is 21.5 Å². The quantitative estimate of drug-likeness (QED) is 0.193. The van der Waals surface area contributed by atoms with E-state index in [1.807, 2.05) is 91.0 Å². The van der Waals surface area contributed by atoms with E-state index >= 15 is 0 Å². The molecule has 5 rings (SSSR count). The van der Waals surface area contributed by atoms with Gasteiger partial charge in [-0.15, -0.1) is 0 Å². The number of imidazole rings is 1. The molecule has 180 valence electrons. The molecule has 0 unspecified atom stereocenters. The molecule has 0 amide bonds. The maximum absolute atomic E-state index is 13.3. The second-order valence-electron chi connectivity index (χ2n) is 8.22. The van der Waals surface area contributed by atoms with Gasteiger partial charge in [-0.25, -0.2) is 4.79 Å². The Morgan fingerprint density at radius 2 is 1.31 bits per heavy atom. The number of nitrogens with zero attached hydrogens (tertiary/aromatic N) is 2. The van der Waals surface area contributed by atoms with Gasteiger partial charge in [-0.05, 0) is 60.2 Å². The molecule has 0 fully saturated rings. The van der Waals surface area contributed by atoms with Gasteiger partial charge in [0, 0.05) is 29.7 Å². The van der Waals surface area contributed by atoms with Crippen LogP contribution >= 0.6 is 15.9 Å². The molecule has 1 heterocycles. The number of benzene rings is 4. The molecular formula is C30H25BrN2O3. The van der Waals surface area contributed by atoms with Crippen molar-refractivity contribution in [2.45, 2.75) is 6.42 Å².